The summed E-state index contributed by atoms with van der Waals surface area (Å²) in [4.78, 5) is 4.39. The van der Waals surface area contributed by atoms with E-state index in [-0.39, 0.29) is 0 Å². The second-order valence-corrected chi connectivity index (χ2v) is 4.93. The highest BCUT2D eigenvalue weighted by molar-refractivity contribution is 6.30. The number of aryl methyl sites for hydroxylation is 2. The minimum absolute atomic E-state index is 0.593. The molecule has 0 saturated heterocycles. The SMILES string of the molecule is CNCc1cc(C)nc(Oc2cc(Cl)ccc2C)c1. The summed E-state index contributed by atoms with van der Waals surface area (Å²) >= 11 is 5.98. The molecule has 0 atom stereocenters. The van der Waals surface area contributed by atoms with Crippen molar-refractivity contribution in [1.82, 2.24) is 10.3 Å². The molecule has 100 valence electrons. The van der Waals surface area contributed by atoms with E-state index in [0.717, 1.165) is 29.1 Å². The van der Waals surface area contributed by atoms with Crippen molar-refractivity contribution in [3.05, 3.63) is 52.2 Å². The molecule has 0 radical (unpaired) electrons. The fourth-order valence-corrected chi connectivity index (χ4v) is 2.02. The average Bonchev–Trinajstić information content (AvgIpc) is 2.33. The quantitative estimate of drug-likeness (QED) is 0.921. The summed E-state index contributed by atoms with van der Waals surface area (Å²) in [6, 6.07) is 9.55. The van der Waals surface area contributed by atoms with Gasteiger partial charge in [-0.3, -0.25) is 0 Å². The van der Waals surface area contributed by atoms with E-state index in [4.69, 9.17) is 16.3 Å². The lowest BCUT2D eigenvalue weighted by molar-refractivity contribution is 0.457. The summed E-state index contributed by atoms with van der Waals surface area (Å²) in [7, 11) is 1.91. The van der Waals surface area contributed by atoms with Crippen LogP contribution in [0.25, 0.3) is 0 Å². The highest BCUT2D eigenvalue weighted by Gasteiger charge is 2.06. The standard InChI is InChI=1S/C15H17ClN2O/c1-10-4-5-13(16)8-14(10)19-15-7-12(9-17-3)6-11(2)18-15/h4-8,17H,9H2,1-3H3. The highest BCUT2D eigenvalue weighted by Crippen LogP contribution is 2.27. The molecule has 19 heavy (non-hydrogen) atoms. The lowest BCUT2D eigenvalue weighted by Gasteiger charge is -2.10. The molecule has 0 bridgehead atoms. The van der Waals surface area contributed by atoms with Gasteiger partial charge in [0.2, 0.25) is 5.88 Å². The van der Waals surface area contributed by atoms with Crippen LogP contribution < -0.4 is 10.1 Å². The minimum atomic E-state index is 0.593. The Hall–Kier alpha value is -1.58. The molecule has 1 heterocycles. The first kappa shape index (κ1) is 13.8. The number of aromatic nitrogens is 1. The van der Waals surface area contributed by atoms with Crippen LogP contribution in [0.1, 0.15) is 16.8 Å². The van der Waals surface area contributed by atoms with Crippen molar-refractivity contribution in [2.75, 3.05) is 7.05 Å². The van der Waals surface area contributed by atoms with Crippen molar-refractivity contribution >= 4 is 11.6 Å². The summed E-state index contributed by atoms with van der Waals surface area (Å²) in [6.07, 6.45) is 0. The number of nitrogens with one attached hydrogen (secondary N) is 1. The normalized spacial score (nSPS) is 10.5. The Morgan fingerprint density at radius 3 is 2.74 bits per heavy atom. The number of ether oxygens (including phenoxy) is 1. The molecule has 0 aliphatic carbocycles. The average molecular weight is 277 g/mol. The largest absolute Gasteiger partial charge is 0.439 e. The van der Waals surface area contributed by atoms with Crippen molar-refractivity contribution in [2.24, 2.45) is 0 Å². The van der Waals surface area contributed by atoms with Gasteiger partial charge in [0.25, 0.3) is 0 Å². The van der Waals surface area contributed by atoms with Crippen LogP contribution in [-0.4, -0.2) is 12.0 Å². The predicted molar refractivity (Wildman–Crippen MR) is 78.0 cm³/mol. The van der Waals surface area contributed by atoms with Gasteiger partial charge in [-0.05, 0) is 50.2 Å². The maximum atomic E-state index is 5.98. The summed E-state index contributed by atoms with van der Waals surface area (Å²) in [5.41, 5.74) is 3.11. The van der Waals surface area contributed by atoms with Gasteiger partial charge in [-0.2, -0.15) is 0 Å². The third-order valence-corrected chi connectivity index (χ3v) is 2.97. The summed E-state index contributed by atoms with van der Waals surface area (Å²) in [5.74, 6) is 1.33. The van der Waals surface area contributed by atoms with E-state index in [1.807, 2.05) is 45.2 Å². The first-order valence-corrected chi connectivity index (χ1v) is 6.52. The second-order valence-electron chi connectivity index (χ2n) is 4.50. The number of benzene rings is 1. The van der Waals surface area contributed by atoms with Crippen molar-refractivity contribution in [2.45, 2.75) is 20.4 Å². The van der Waals surface area contributed by atoms with Crippen LogP contribution in [0.3, 0.4) is 0 Å². The maximum absolute atomic E-state index is 5.98. The van der Waals surface area contributed by atoms with Gasteiger partial charge < -0.3 is 10.1 Å². The fourth-order valence-electron chi connectivity index (χ4n) is 1.86. The number of hydrogen-bond acceptors (Lipinski definition) is 3. The molecule has 0 aliphatic heterocycles. The van der Waals surface area contributed by atoms with Crippen LogP contribution in [0.2, 0.25) is 5.02 Å². The van der Waals surface area contributed by atoms with Crippen molar-refractivity contribution in [3.8, 4) is 11.6 Å². The Morgan fingerprint density at radius 1 is 1.21 bits per heavy atom. The summed E-state index contributed by atoms with van der Waals surface area (Å²) in [5, 5.41) is 3.77. The van der Waals surface area contributed by atoms with Crippen LogP contribution >= 0.6 is 11.6 Å². The molecule has 1 aromatic carbocycles. The first-order valence-electron chi connectivity index (χ1n) is 6.14. The number of pyridine rings is 1. The van der Waals surface area contributed by atoms with E-state index in [2.05, 4.69) is 10.3 Å². The van der Waals surface area contributed by atoms with E-state index in [0.29, 0.717) is 10.9 Å². The second kappa shape index (κ2) is 6.04. The molecule has 0 spiro atoms. The van der Waals surface area contributed by atoms with Crippen LogP contribution in [0.5, 0.6) is 11.6 Å². The molecular formula is C15H17ClN2O. The summed E-state index contributed by atoms with van der Waals surface area (Å²) < 4.78 is 5.83. The molecule has 4 heteroatoms. The molecule has 0 saturated carbocycles. The van der Waals surface area contributed by atoms with E-state index in [1.54, 1.807) is 6.07 Å². The molecular weight excluding hydrogens is 260 g/mol. The molecule has 2 rings (SSSR count). The van der Waals surface area contributed by atoms with Gasteiger partial charge in [0.1, 0.15) is 5.75 Å². The maximum Gasteiger partial charge on any atom is 0.219 e. The number of halogens is 1. The monoisotopic (exact) mass is 276 g/mol. The molecule has 0 unspecified atom stereocenters. The molecule has 3 nitrogen and oxygen atoms in total. The predicted octanol–water partition coefficient (Wildman–Crippen LogP) is 3.86. The smallest absolute Gasteiger partial charge is 0.219 e. The van der Waals surface area contributed by atoms with Crippen LogP contribution in [-0.2, 0) is 6.54 Å². The van der Waals surface area contributed by atoms with Gasteiger partial charge in [0.15, 0.2) is 0 Å². The molecule has 0 amide bonds. The van der Waals surface area contributed by atoms with Crippen molar-refractivity contribution in [1.29, 1.82) is 0 Å². The van der Waals surface area contributed by atoms with E-state index in [9.17, 15) is 0 Å². The van der Waals surface area contributed by atoms with Crippen molar-refractivity contribution in [3.63, 3.8) is 0 Å². The van der Waals surface area contributed by atoms with E-state index >= 15 is 0 Å². The minimum Gasteiger partial charge on any atom is -0.439 e. The molecule has 1 aromatic heterocycles. The zero-order chi connectivity index (χ0) is 13.8. The molecule has 0 fully saturated rings. The molecule has 0 aliphatic rings. The first-order chi connectivity index (χ1) is 9.08. The number of hydrogen-bond donors (Lipinski definition) is 1. The lowest BCUT2D eigenvalue weighted by Crippen LogP contribution is -2.06. The van der Waals surface area contributed by atoms with Gasteiger partial charge in [-0.1, -0.05) is 17.7 Å². The van der Waals surface area contributed by atoms with Gasteiger partial charge >= 0.3 is 0 Å². The summed E-state index contributed by atoms with van der Waals surface area (Å²) in [6.45, 7) is 4.72. The van der Waals surface area contributed by atoms with E-state index < -0.39 is 0 Å². The van der Waals surface area contributed by atoms with Crippen molar-refractivity contribution < 1.29 is 4.74 Å². The van der Waals surface area contributed by atoms with Crippen LogP contribution in [0.15, 0.2) is 30.3 Å². The van der Waals surface area contributed by atoms with Crippen LogP contribution in [0, 0.1) is 13.8 Å². The fraction of sp³-hybridized carbons (Fsp3) is 0.267. The Morgan fingerprint density at radius 2 is 2.00 bits per heavy atom. The van der Waals surface area contributed by atoms with Gasteiger partial charge in [0, 0.05) is 23.3 Å². The number of rotatable bonds is 4. The Kier molecular flexibility index (Phi) is 4.40. The van der Waals surface area contributed by atoms with Gasteiger partial charge in [0.05, 0.1) is 0 Å². The zero-order valence-electron chi connectivity index (χ0n) is 11.3. The number of nitrogens with zero attached hydrogens (tertiary/aromatic N) is 1. The van der Waals surface area contributed by atoms with Crippen LogP contribution in [0.4, 0.5) is 0 Å². The molecule has 2 aromatic rings. The Labute approximate surface area is 118 Å². The third-order valence-electron chi connectivity index (χ3n) is 2.74. The zero-order valence-corrected chi connectivity index (χ0v) is 12.1. The van der Waals surface area contributed by atoms with E-state index in [1.165, 1.54) is 0 Å². The Balaban J connectivity index is 2.29. The van der Waals surface area contributed by atoms with Gasteiger partial charge in [-0.15, -0.1) is 0 Å². The Bertz CT molecular complexity index is 584. The lowest BCUT2D eigenvalue weighted by atomic mass is 10.2. The van der Waals surface area contributed by atoms with Gasteiger partial charge in [-0.25, -0.2) is 4.98 Å². The topological polar surface area (TPSA) is 34.2 Å². The highest BCUT2D eigenvalue weighted by atomic mass is 35.5. The third kappa shape index (κ3) is 3.69. The molecule has 1 N–H and O–H groups in total.